The summed E-state index contributed by atoms with van der Waals surface area (Å²) in [7, 11) is 0. The van der Waals surface area contributed by atoms with E-state index in [0.717, 1.165) is 12.0 Å². The third-order valence-corrected chi connectivity index (χ3v) is 5.46. The predicted octanol–water partition coefficient (Wildman–Crippen LogP) is 3.19. The topological polar surface area (TPSA) is 15.3 Å². The fourth-order valence-electron chi connectivity index (χ4n) is 2.93. The second kappa shape index (κ2) is 5.32. The van der Waals surface area contributed by atoms with Crippen LogP contribution in [-0.4, -0.2) is 30.6 Å². The van der Waals surface area contributed by atoms with Gasteiger partial charge in [0.05, 0.1) is 0 Å². The van der Waals surface area contributed by atoms with E-state index in [2.05, 4.69) is 36.2 Å². The quantitative estimate of drug-likeness (QED) is 0.878. The smallest absolute Gasteiger partial charge is 0.0386 e. The highest BCUT2D eigenvalue weighted by Gasteiger charge is 2.34. The van der Waals surface area contributed by atoms with Crippen LogP contribution in [0.25, 0.3) is 0 Å². The maximum atomic E-state index is 3.72. The lowest BCUT2D eigenvalue weighted by Gasteiger charge is -2.17. The van der Waals surface area contributed by atoms with Gasteiger partial charge >= 0.3 is 0 Å². The number of nitrogens with one attached hydrogen (secondary N) is 1. The molecular formula is C15H24N2S. The van der Waals surface area contributed by atoms with E-state index >= 15 is 0 Å². The summed E-state index contributed by atoms with van der Waals surface area (Å²) >= 11 is 1.92. The molecule has 0 radical (unpaired) electrons. The maximum Gasteiger partial charge on any atom is 0.0386 e. The van der Waals surface area contributed by atoms with E-state index < -0.39 is 0 Å². The number of aryl methyl sites for hydroxylation is 1. The number of thiophene rings is 1. The Hall–Kier alpha value is -0.380. The molecule has 0 spiro atoms. The van der Waals surface area contributed by atoms with Gasteiger partial charge < -0.3 is 10.2 Å². The van der Waals surface area contributed by atoms with Gasteiger partial charge in [-0.05, 0) is 64.3 Å². The van der Waals surface area contributed by atoms with Crippen LogP contribution in [0.15, 0.2) is 12.1 Å². The van der Waals surface area contributed by atoms with Gasteiger partial charge in [-0.3, -0.25) is 0 Å². The summed E-state index contributed by atoms with van der Waals surface area (Å²) in [5, 5.41) is 3.72. The lowest BCUT2D eigenvalue weighted by atomic mass is 10.1. The van der Waals surface area contributed by atoms with Crippen LogP contribution in [0.5, 0.6) is 0 Å². The summed E-state index contributed by atoms with van der Waals surface area (Å²) < 4.78 is 0. The molecule has 3 rings (SSSR count). The molecule has 2 heterocycles. The Labute approximate surface area is 114 Å². The molecule has 0 amide bonds. The Morgan fingerprint density at radius 1 is 1.39 bits per heavy atom. The Kier molecular flexibility index (Phi) is 3.73. The third-order valence-electron chi connectivity index (χ3n) is 4.28. The van der Waals surface area contributed by atoms with Gasteiger partial charge in [0.1, 0.15) is 0 Å². The number of likely N-dealkylation sites (tertiary alicyclic amines) is 1. The molecule has 1 aromatic heterocycles. The zero-order valence-corrected chi connectivity index (χ0v) is 12.3. The zero-order chi connectivity index (χ0) is 12.5. The average molecular weight is 264 g/mol. The van der Waals surface area contributed by atoms with E-state index in [1.807, 2.05) is 11.3 Å². The molecule has 0 aromatic carbocycles. The van der Waals surface area contributed by atoms with Crippen molar-refractivity contribution in [1.82, 2.24) is 10.2 Å². The minimum Gasteiger partial charge on any atom is -0.309 e. The molecule has 2 fully saturated rings. The Morgan fingerprint density at radius 2 is 2.22 bits per heavy atom. The molecule has 2 aliphatic rings. The van der Waals surface area contributed by atoms with Crippen LogP contribution in [0.1, 0.15) is 42.0 Å². The van der Waals surface area contributed by atoms with Gasteiger partial charge in [-0.2, -0.15) is 0 Å². The summed E-state index contributed by atoms with van der Waals surface area (Å²) in [5.74, 6) is 0.870. The average Bonchev–Trinajstić information content (AvgIpc) is 2.95. The summed E-state index contributed by atoms with van der Waals surface area (Å²) in [6.45, 7) is 8.32. The van der Waals surface area contributed by atoms with Crippen molar-refractivity contribution in [3.63, 3.8) is 0 Å². The standard InChI is InChI=1S/C15H24N2S/c1-11-3-6-15(18-11)12(2)16-9-13-7-8-17(10-13)14-4-5-14/h3,6,12-14,16H,4-5,7-10H2,1-2H3. The van der Waals surface area contributed by atoms with Crippen LogP contribution in [-0.2, 0) is 0 Å². The lowest BCUT2D eigenvalue weighted by Crippen LogP contribution is -2.28. The van der Waals surface area contributed by atoms with Crippen LogP contribution >= 0.6 is 11.3 Å². The number of nitrogens with zero attached hydrogens (tertiary/aromatic N) is 1. The summed E-state index contributed by atoms with van der Waals surface area (Å²) in [4.78, 5) is 5.59. The highest BCUT2D eigenvalue weighted by molar-refractivity contribution is 7.12. The molecule has 0 bridgehead atoms. The first-order valence-corrected chi connectivity index (χ1v) is 8.08. The molecule has 2 atom stereocenters. The van der Waals surface area contributed by atoms with Crippen molar-refractivity contribution in [3.05, 3.63) is 21.9 Å². The SMILES string of the molecule is Cc1ccc(C(C)NCC2CCN(C3CC3)C2)s1. The Morgan fingerprint density at radius 3 is 2.89 bits per heavy atom. The van der Waals surface area contributed by atoms with E-state index in [4.69, 9.17) is 0 Å². The van der Waals surface area contributed by atoms with E-state index in [-0.39, 0.29) is 0 Å². The normalized spacial score (nSPS) is 26.7. The first kappa shape index (κ1) is 12.6. The minimum atomic E-state index is 0.513. The highest BCUT2D eigenvalue weighted by atomic mass is 32.1. The Balaban J connectivity index is 1.44. The van der Waals surface area contributed by atoms with Crippen LogP contribution in [0, 0.1) is 12.8 Å². The van der Waals surface area contributed by atoms with Gasteiger partial charge in [0.15, 0.2) is 0 Å². The fourth-order valence-corrected chi connectivity index (χ4v) is 3.83. The molecule has 1 aliphatic heterocycles. The van der Waals surface area contributed by atoms with E-state index in [9.17, 15) is 0 Å². The minimum absolute atomic E-state index is 0.513. The van der Waals surface area contributed by atoms with E-state index in [0.29, 0.717) is 6.04 Å². The van der Waals surface area contributed by atoms with Crippen LogP contribution in [0.3, 0.4) is 0 Å². The maximum absolute atomic E-state index is 3.72. The molecule has 2 unspecified atom stereocenters. The summed E-state index contributed by atoms with van der Waals surface area (Å²) in [6, 6.07) is 5.96. The molecule has 2 nitrogen and oxygen atoms in total. The summed E-state index contributed by atoms with van der Waals surface area (Å²) in [6.07, 6.45) is 4.29. The largest absolute Gasteiger partial charge is 0.309 e. The van der Waals surface area contributed by atoms with Crippen molar-refractivity contribution in [1.29, 1.82) is 0 Å². The van der Waals surface area contributed by atoms with Gasteiger partial charge in [-0.15, -0.1) is 11.3 Å². The predicted molar refractivity (Wildman–Crippen MR) is 78.2 cm³/mol. The van der Waals surface area contributed by atoms with Gasteiger partial charge in [0.25, 0.3) is 0 Å². The summed E-state index contributed by atoms with van der Waals surface area (Å²) in [5.41, 5.74) is 0. The number of hydrogen-bond acceptors (Lipinski definition) is 3. The van der Waals surface area contributed by atoms with Crippen molar-refractivity contribution in [2.45, 2.75) is 45.2 Å². The molecule has 1 saturated heterocycles. The Bertz CT molecular complexity index is 397. The van der Waals surface area contributed by atoms with Crippen molar-refractivity contribution < 1.29 is 0 Å². The molecular weight excluding hydrogens is 240 g/mol. The molecule has 18 heavy (non-hydrogen) atoms. The van der Waals surface area contributed by atoms with Crippen molar-refractivity contribution in [2.24, 2.45) is 5.92 Å². The second-order valence-electron chi connectivity index (χ2n) is 5.96. The molecule has 100 valence electrons. The first-order valence-electron chi connectivity index (χ1n) is 7.26. The van der Waals surface area contributed by atoms with E-state index in [1.54, 1.807) is 0 Å². The molecule has 1 N–H and O–H groups in total. The zero-order valence-electron chi connectivity index (χ0n) is 11.5. The fraction of sp³-hybridized carbons (Fsp3) is 0.733. The van der Waals surface area contributed by atoms with Crippen molar-refractivity contribution in [3.8, 4) is 0 Å². The van der Waals surface area contributed by atoms with Gasteiger partial charge in [0.2, 0.25) is 0 Å². The number of rotatable bonds is 5. The molecule has 1 saturated carbocycles. The van der Waals surface area contributed by atoms with E-state index in [1.165, 1.54) is 48.7 Å². The second-order valence-corrected chi connectivity index (χ2v) is 7.28. The van der Waals surface area contributed by atoms with Gasteiger partial charge in [-0.1, -0.05) is 0 Å². The third kappa shape index (κ3) is 2.95. The van der Waals surface area contributed by atoms with Crippen LogP contribution in [0.2, 0.25) is 0 Å². The molecule has 3 heteroatoms. The van der Waals surface area contributed by atoms with Crippen molar-refractivity contribution in [2.75, 3.05) is 19.6 Å². The highest BCUT2D eigenvalue weighted by Crippen LogP contribution is 2.31. The van der Waals surface area contributed by atoms with Crippen LogP contribution in [0.4, 0.5) is 0 Å². The first-order chi connectivity index (χ1) is 8.72. The monoisotopic (exact) mass is 264 g/mol. The van der Waals surface area contributed by atoms with Crippen molar-refractivity contribution >= 4 is 11.3 Å². The van der Waals surface area contributed by atoms with Gasteiger partial charge in [0, 0.05) is 28.4 Å². The molecule has 1 aromatic rings. The van der Waals surface area contributed by atoms with Gasteiger partial charge in [-0.25, -0.2) is 0 Å². The number of hydrogen-bond donors (Lipinski definition) is 1. The molecule has 1 aliphatic carbocycles. The van der Waals surface area contributed by atoms with Crippen LogP contribution < -0.4 is 5.32 Å². The lowest BCUT2D eigenvalue weighted by molar-refractivity contribution is 0.310.